The number of ether oxygens (including phenoxy) is 1. The summed E-state index contributed by atoms with van der Waals surface area (Å²) in [5, 5.41) is 10.2. The fourth-order valence-corrected chi connectivity index (χ4v) is 1.65. The zero-order valence-corrected chi connectivity index (χ0v) is 9.99. The van der Waals surface area contributed by atoms with Crippen molar-refractivity contribution in [1.29, 1.82) is 0 Å². The molecule has 0 fully saturated rings. The highest BCUT2D eigenvalue weighted by Crippen LogP contribution is 2.26. The van der Waals surface area contributed by atoms with E-state index < -0.39 is 11.6 Å². The molecule has 1 rings (SSSR count). The molecule has 0 aliphatic heterocycles. The molecule has 0 saturated carbocycles. The fraction of sp³-hybridized carbons (Fsp3) is 0.462. The average Bonchev–Trinajstić information content (AvgIpc) is 2.36. The molecule has 0 spiro atoms. The lowest BCUT2D eigenvalue weighted by Crippen LogP contribution is -2.36. The molecule has 1 N–H and O–H groups in total. The van der Waals surface area contributed by atoms with Gasteiger partial charge in [-0.2, -0.15) is 0 Å². The van der Waals surface area contributed by atoms with Crippen LogP contribution in [-0.4, -0.2) is 18.2 Å². The largest absolute Gasteiger partial charge is 0.467 e. The van der Waals surface area contributed by atoms with Crippen LogP contribution in [0.2, 0.25) is 0 Å². The highest BCUT2D eigenvalue weighted by atomic mass is 16.5. The van der Waals surface area contributed by atoms with E-state index >= 15 is 0 Å². The lowest BCUT2D eigenvalue weighted by Gasteiger charge is -2.24. The molecule has 0 aromatic heterocycles. The summed E-state index contributed by atoms with van der Waals surface area (Å²) in [6.07, 6.45) is 1.23. The van der Waals surface area contributed by atoms with E-state index in [1.165, 1.54) is 12.7 Å². The van der Waals surface area contributed by atoms with Crippen LogP contribution in [0.3, 0.4) is 0 Å². The number of aliphatic hydroxyl groups is 1. The monoisotopic (exact) mass is 222 g/mol. The number of benzene rings is 1. The molecule has 1 unspecified atom stereocenters. The SMILES string of the molecule is CCc1ccc(C(O)(CC)C(=O)OC)cc1. The standard InChI is InChI=1S/C13H18O3/c1-4-10-6-8-11(9-7-10)13(15,5-2)12(14)16-3/h6-9,15H,4-5H2,1-3H3. The topological polar surface area (TPSA) is 46.5 Å². The zero-order valence-electron chi connectivity index (χ0n) is 9.99. The molecular weight excluding hydrogens is 204 g/mol. The van der Waals surface area contributed by atoms with E-state index in [1.807, 2.05) is 12.1 Å². The molecule has 3 heteroatoms. The van der Waals surface area contributed by atoms with Crippen molar-refractivity contribution in [2.45, 2.75) is 32.3 Å². The Balaban J connectivity index is 3.07. The van der Waals surface area contributed by atoms with E-state index in [4.69, 9.17) is 0 Å². The Bertz CT molecular complexity index is 356. The third kappa shape index (κ3) is 2.25. The van der Waals surface area contributed by atoms with Crippen molar-refractivity contribution < 1.29 is 14.6 Å². The van der Waals surface area contributed by atoms with E-state index in [0.717, 1.165) is 6.42 Å². The first-order chi connectivity index (χ1) is 7.58. The van der Waals surface area contributed by atoms with Crippen LogP contribution in [0.1, 0.15) is 31.4 Å². The number of carbonyl (C=O) groups excluding carboxylic acids is 1. The first-order valence-corrected chi connectivity index (χ1v) is 5.48. The summed E-state index contributed by atoms with van der Waals surface area (Å²) in [6.45, 7) is 3.81. The molecule has 0 saturated heterocycles. The van der Waals surface area contributed by atoms with Crippen LogP contribution < -0.4 is 0 Å². The Morgan fingerprint density at radius 2 is 1.88 bits per heavy atom. The summed E-state index contributed by atoms with van der Waals surface area (Å²) in [5.41, 5.74) is 0.229. The van der Waals surface area contributed by atoms with E-state index in [1.54, 1.807) is 19.1 Å². The Labute approximate surface area is 96.1 Å². The second kappa shape index (κ2) is 5.12. The Morgan fingerprint density at radius 3 is 2.25 bits per heavy atom. The van der Waals surface area contributed by atoms with Crippen LogP contribution in [0.5, 0.6) is 0 Å². The number of hydrogen-bond acceptors (Lipinski definition) is 3. The van der Waals surface area contributed by atoms with Gasteiger partial charge in [0.25, 0.3) is 0 Å². The van der Waals surface area contributed by atoms with E-state index in [2.05, 4.69) is 11.7 Å². The third-order valence-electron chi connectivity index (χ3n) is 2.87. The lowest BCUT2D eigenvalue weighted by molar-refractivity contribution is -0.164. The van der Waals surface area contributed by atoms with Crippen LogP contribution in [0.15, 0.2) is 24.3 Å². The number of rotatable bonds is 4. The first-order valence-electron chi connectivity index (χ1n) is 5.48. The fourth-order valence-electron chi connectivity index (χ4n) is 1.65. The smallest absolute Gasteiger partial charge is 0.342 e. The number of aryl methyl sites for hydroxylation is 1. The van der Waals surface area contributed by atoms with Gasteiger partial charge in [-0.05, 0) is 24.0 Å². The predicted octanol–water partition coefficient (Wildman–Crippen LogP) is 2.02. The van der Waals surface area contributed by atoms with Crippen molar-refractivity contribution >= 4 is 5.97 Å². The normalized spacial score (nSPS) is 14.2. The van der Waals surface area contributed by atoms with Gasteiger partial charge in [0.1, 0.15) is 0 Å². The minimum Gasteiger partial charge on any atom is -0.467 e. The van der Waals surface area contributed by atoms with Crippen molar-refractivity contribution in [3.05, 3.63) is 35.4 Å². The number of hydrogen-bond donors (Lipinski definition) is 1. The van der Waals surface area contributed by atoms with Gasteiger partial charge in [0, 0.05) is 0 Å². The summed E-state index contributed by atoms with van der Waals surface area (Å²) >= 11 is 0. The van der Waals surface area contributed by atoms with Gasteiger partial charge in [-0.15, -0.1) is 0 Å². The molecule has 1 atom stereocenters. The second-order valence-corrected chi connectivity index (χ2v) is 3.76. The molecule has 88 valence electrons. The van der Waals surface area contributed by atoms with Crippen molar-refractivity contribution in [3.63, 3.8) is 0 Å². The molecule has 0 heterocycles. The molecular formula is C13H18O3. The molecule has 16 heavy (non-hydrogen) atoms. The molecule has 0 amide bonds. The quantitative estimate of drug-likeness (QED) is 0.793. The predicted molar refractivity (Wildman–Crippen MR) is 62.0 cm³/mol. The number of esters is 1. The van der Waals surface area contributed by atoms with Gasteiger partial charge < -0.3 is 9.84 Å². The number of methoxy groups -OCH3 is 1. The van der Waals surface area contributed by atoms with E-state index in [9.17, 15) is 9.90 Å². The molecule has 0 aliphatic carbocycles. The van der Waals surface area contributed by atoms with E-state index in [-0.39, 0.29) is 0 Å². The summed E-state index contributed by atoms with van der Waals surface area (Å²) in [6, 6.07) is 7.39. The molecule has 1 aromatic rings. The van der Waals surface area contributed by atoms with Gasteiger partial charge in [-0.25, -0.2) is 4.79 Å². The molecule has 3 nitrogen and oxygen atoms in total. The number of carbonyl (C=O) groups is 1. The van der Waals surface area contributed by atoms with Gasteiger partial charge in [0.05, 0.1) is 7.11 Å². The molecule has 1 aromatic carbocycles. The highest BCUT2D eigenvalue weighted by Gasteiger charge is 2.37. The zero-order chi connectivity index (χ0) is 12.2. The van der Waals surface area contributed by atoms with Crippen LogP contribution >= 0.6 is 0 Å². The van der Waals surface area contributed by atoms with Gasteiger partial charge in [0.2, 0.25) is 0 Å². The summed E-state index contributed by atoms with van der Waals surface area (Å²) in [4.78, 5) is 11.5. The summed E-state index contributed by atoms with van der Waals surface area (Å²) in [7, 11) is 1.28. The average molecular weight is 222 g/mol. The van der Waals surface area contributed by atoms with Gasteiger partial charge in [0.15, 0.2) is 5.60 Å². The van der Waals surface area contributed by atoms with Gasteiger partial charge >= 0.3 is 5.97 Å². The van der Waals surface area contributed by atoms with Gasteiger partial charge in [-0.3, -0.25) is 0 Å². The Kier molecular flexibility index (Phi) is 4.07. The molecule has 0 radical (unpaired) electrons. The van der Waals surface area contributed by atoms with Crippen LogP contribution in [-0.2, 0) is 21.6 Å². The maximum atomic E-state index is 11.5. The first kappa shape index (κ1) is 12.7. The van der Waals surface area contributed by atoms with Crippen molar-refractivity contribution in [2.24, 2.45) is 0 Å². The van der Waals surface area contributed by atoms with Crippen molar-refractivity contribution in [1.82, 2.24) is 0 Å². The maximum absolute atomic E-state index is 11.5. The minimum atomic E-state index is -1.53. The van der Waals surface area contributed by atoms with Crippen LogP contribution in [0.4, 0.5) is 0 Å². The lowest BCUT2D eigenvalue weighted by atomic mass is 9.90. The van der Waals surface area contributed by atoms with Crippen LogP contribution in [0, 0.1) is 0 Å². The van der Waals surface area contributed by atoms with Crippen molar-refractivity contribution in [2.75, 3.05) is 7.11 Å². The molecule has 0 bridgehead atoms. The van der Waals surface area contributed by atoms with Gasteiger partial charge in [-0.1, -0.05) is 38.1 Å². The Hall–Kier alpha value is -1.35. The summed E-state index contributed by atoms with van der Waals surface area (Å²) in [5.74, 6) is -0.612. The van der Waals surface area contributed by atoms with Crippen molar-refractivity contribution in [3.8, 4) is 0 Å². The minimum absolute atomic E-state index is 0.297. The summed E-state index contributed by atoms with van der Waals surface area (Å²) < 4.78 is 4.63. The maximum Gasteiger partial charge on any atom is 0.342 e. The molecule has 0 aliphatic rings. The second-order valence-electron chi connectivity index (χ2n) is 3.76. The Morgan fingerprint density at radius 1 is 1.31 bits per heavy atom. The van der Waals surface area contributed by atoms with Crippen LogP contribution in [0.25, 0.3) is 0 Å². The highest BCUT2D eigenvalue weighted by molar-refractivity contribution is 5.80. The van der Waals surface area contributed by atoms with E-state index in [0.29, 0.717) is 12.0 Å². The third-order valence-corrected chi connectivity index (χ3v) is 2.87.